The zero-order valence-electron chi connectivity index (χ0n) is 13.0. The normalized spacial score (nSPS) is 17.1. The van der Waals surface area contributed by atoms with Gasteiger partial charge in [-0.15, -0.1) is 0 Å². The van der Waals surface area contributed by atoms with Crippen LogP contribution in [-0.4, -0.2) is 32.3 Å². The summed E-state index contributed by atoms with van der Waals surface area (Å²) in [7, 11) is 0. The van der Waals surface area contributed by atoms with Crippen LogP contribution in [0.25, 0.3) is 0 Å². The Morgan fingerprint density at radius 2 is 2.39 bits per heavy atom. The number of H-pyrrole nitrogens is 1. The molecule has 2 amide bonds. The Morgan fingerprint density at radius 3 is 3.17 bits per heavy atom. The first-order valence-corrected chi connectivity index (χ1v) is 8.00. The van der Waals surface area contributed by atoms with E-state index >= 15 is 0 Å². The Bertz CT molecular complexity index is 645. The van der Waals surface area contributed by atoms with E-state index in [0.29, 0.717) is 12.5 Å². The number of nitrogens with one attached hydrogen (secondary N) is 3. The predicted molar refractivity (Wildman–Crippen MR) is 88.0 cm³/mol. The third kappa shape index (κ3) is 4.45. The lowest BCUT2D eigenvalue weighted by Crippen LogP contribution is -2.31. The van der Waals surface area contributed by atoms with Crippen molar-refractivity contribution in [2.45, 2.75) is 32.2 Å². The summed E-state index contributed by atoms with van der Waals surface area (Å²) in [6, 6.07) is 1.61. The molecule has 0 aliphatic heterocycles. The summed E-state index contributed by atoms with van der Waals surface area (Å²) in [4.78, 5) is 18.9. The first-order chi connectivity index (χ1) is 11.3. The highest BCUT2D eigenvalue weighted by atomic mass is 16.2. The molecule has 1 aliphatic rings. The Hall–Kier alpha value is -2.57. The number of carbonyl (C=O) groups is 1. The number of allylic oxidation sites excluding steroid dienone is 2. The minimum absolute atomic E-state index is 0.213. The molecule has 7 heteroatoms. The van der Waals surface area contributed by atoms with Crippen molar-refractivity contribution in [1.29, 1.82) is 0 Å². The summed E-state index contributed by atoms with van der Waals surface area (Å²) in [5.41, 5.74) is 1.00. The minimum atomic E-state index is -0.213. The first-order valence-electron chi connectivity index (χ1n) is 8.00. The molecule has 23 heavy (non-hydrogen) atoms. The molecule has 2 heterocycles. The third-order valence-electron chi connectivity index (χ3n) is 4.00. The molecule has 0 bridgehead atoms. The van der Waals surface area contributed by atoms with Gasteiger partial charge in [0.2, 0.25) is 0 Å². The summed E-state index contributed by atoms with van der Waals surface area (Å²) in [5, 5.41) is 10.0. The van der Waals surface area contributed by atoms with E-state index in [4.69, 9.17) is 0 Å². The van der Waals surface area contributed by atoms with Gasteiger partial charge in [-0.05, 0) is 25.2 Å². The molecule has 2 aromatic heterocycles. The highest BCUT2D eigenvalue weighted by Gasteiger charge is 2.14. The van der Waals surface area contributed by atoms with E-state index in [9.17, 15) is 4.79 Å². The molecule has 0 spiro atoms. The second-order valence-electron chi connectivity index (χ2n) is 5.76. The van der Waals surface area contributed by atoms with Crippen molar-refractivity contribution in [2.75, 3.05) is 11.9 Å². The third-order valence-corrected chi connectivity index (χ3v) is 4.00. The molecule has 0 saturated heterocycles. The maximum atomic E-state index is 12.0. The molecule has 0 aromatic carbocycles. The molecule has 1 aliphatic carbocycles. The van der Waals surface area contributed by atoms with Crippen LogP contribution in [0.2, 0.25) is 0 Å². The van der Waals surface area contributed by atoms with Crippen molar-refractivity contribution < 1.29 is 4.79 Å². The number of rotatable bonds is 6. The zero-order chi connectivity index (χ0) is 15.9. The maximum Gasteiger partial charge on any atom is 0.320 e. The fourth-order valence-electron chi connectivity index (χ4n) is 2.74. The van der Waals surface area contributed by atoms with Gasteiger partial charge in [-0.25, -0.2) is 14.5 Å². The molecule has 122 valence electrons. The fraction of sp³-hybridized carbons (Fsp3) is 0.438. The molecule has 0 unspecified atom stereocenters. The number of hydrogen-bond acceptors (Lipinski definition) is 3. The van der Waals surface area contributed by atoms with E-state index in [-0.39, 0.29) is 6.03 Å². The summed E-state index contributed by atoms with van der Waals surface area (Å²) in [6.07, 6.45) is 13.7. The number of hydrogen-bond donors (Lipinski definition) is 3. The van der Waals surface area contributed by atoms with Crippen LogP contribution in [0.5, 0.6) is 0 Å². The Balaban J connectivity index is 1.46. The van der Waals surface area contributed by atoms with E-state index < -0.39 is 0 Å². The average molecular weight is 314 g/mol. The largest absolute Gasteiger partial charge is 0.348 e. The number of amides is 2. The van der Waals surface area contributed by atoms with Crippen LogP contribution in [0, 0.1) is 5.92 Å². The van der Waals surface area contributed by atoms with E-state index in [1.54, 1.807) is 18.7 Å². The Kier molecular flexibility index (Phi) is 5.08. The SMILES string of the molecule is O=C(NCCc1cnc[nH]1)Nc1ccnn1C[C@@H]1CC=CCC1. The number of carbonyl (C=O) groups excluding carboxylic acids is 1. The van der Waals surface area contributed by atoms with Crippen LogP contribution in [0.4, 0.5) is 10.6 Å². The summed E-state index contributed by atoms with van der Waals surface area (Å²) >= 11 is 0. The Labute approximate surface area is 135 Å². The molecule has 2 aromatic rings. The van der Waals surface area contributed by atoms with Crippen LogP contribution in [-0.2, 0) is 13.0 Å². The minimum Gasteiger partial charge on any atom is -0.348 e. The van der Waals surface area contributed by atoms with Crippen LogP contribution in [0.1, 0.15) is 25.0 Å². The van der Waals surface area contributed by atoms with Gasteiger partial charge >= 0.3 is 6.03 Å². The number of anilines is 1. The van der Waals surface area contributed by atoms with Gasteiger partial charge in [0.25, 0.3) is 0 Å². The zero-order valence-corrected chi connectivity index (χ0v) is 13.0. The topological polar surface area (TPSA) is 87.6 Å². The molecular formula is C16H22N6O. The fourth-order valence-corrected chi connectivity index (χ4v) is 2.74. The molecule has 0 fully saturated rings. The van der Waals surface area contributed by atoms with Gasteiger partial charge in [-0.2, -0.15) is 5.10 Å². The lowest BCUT2D eigenvalue weighted by molar-refractivity contribution is 0.252. The number of imidazole rings is 1. The number of urea groups is 1. The lowest BCUT2D eigenvalue weighted by atomic mass is 9.94. The standard InChI is InChI=1S/C16H22N6O/c23-16(18-8-6-14-10-17-12-19-14)21-15-7-9-20-22(15)11-13-4-2-1-3-5-13/h1-2,7,9-10,12-13H,3-6,8,11H2,(H,17,19)(H2,18,21,23)/t13-/m1/s1. The maximum absolute atomic E-state index is 12.0. The van der Waals surface area contributed by atoms with E-state index in [1.165, 1.54) is 6.42 Å². The summed E-state index contributed by atoms with van der Waals surface area (Å²) < 4.78 is 1.87. The molecular weight excluding hydrogens is 292 g/mol. The van der Waals surface area contributed by atoms with Crippen molar-refractivity contribution in [3.8, 4) is 0 Å². The van der Waals surface area contributed by atoms with Crippen LogP contribution in [0.3, 0.4) is 0 Å². The van der Waals surface area contributed by atoms with Gasteiger partial charge in [0, 0.05) is 37.5 Å². The highest BCUT2D eigenvalue weighted by Crippen LogP contribution is 2.21. The molecule has 0 radical (unpaired) electrons. The summed E-state index contributed by atoms with van der Waals surface area (Å²) in [5.74, 6) is 1.32. The number of aromatic amines is 1. The monoisotopic (exact) mass is 314 g/mol. The van der Waals surface area contributed by atoms with E-state index in [2.05, 4.69) is 37.9 Å². The second kappa shape index (κ2) is 7.62. The summed E-state index contributed by atoms with van der Waals surface area (Å²) in [6.45, 7) is 1.39. The second-order valence-corrected chi connectivity index (χ2v) is 5.76. The number of aromatic nitrogens is 4. The predicted octanol–water partition coefficient (Wildman–Crippen LogP) is 2.33. The molecule has 0 saturated carbocycles. The number of nitrogens with zero attached hydrogens (tertiary/aromatic N) is 3. The average Bonchev–Trinajstić information content (AvgIpc) is 3.21. The first kappa shape index (κ1) is 15.3. The van der Waals surface area contributed by atoms with Gasteiger partial charge in [-0.3, -0.25) is 5.32 Å². The van der Waals surface area contributed by atoms with Gasteiger partial charge in [0.1, 0.15) is 5.82 Å². The van der Waals surface area contributed by atoms with Gasteiger partial charge in [-0.1, -0.05) is 12.2 Å². The highest BCUT2D eigenvalue weighted by molar-refractivity contribution is 5.88. The van der Waals surface area contributed by atoms with Crippen molar-refractivity contribution in [3.05, 3.63) is 42.6 Å². The van der Waals surface area contributed by atoms with Crippen LogP contribution in [0.15, 0.2) is 36.9 Å². The van der Waals surface area contributed by atoms with E-state index in [0.717, 1.165) is 37.3 Å². The van der Waals surface area contributed by atoms with Crippen molar-refractivity contribution in [2.24, 2.45) is 5.92 Å². The molecule has 3 rings (SSSR count). The molecule has 1 atom stereocenters. The van der Waals surface area contributed by atoms with Gasteiger partial charge in [0.15, 0.2) is 0 Å². The quantitative estimate of drug-likeness (QED) is 0.715. The van der Waals surface area contributed by atoms with Gasteiger partial charge in [0.05, 0.1) is 12.5 Å². The lowest BCUT2D eigenvalue weighted by Gasteiger charge is -2.19. The van der Waals surface area contributed by atoms with E-state index in [1.807, 2.05) is 10.7 Å². The van der Waals surface area contributed by atoms with Crippen molar-refractivity contribution >= 4 is 11.8 Å². The Morgan fingerprint density at radius 1 is 1.43 bits per heavy atom. The molecule has 7 nitrogen and oxygen atoms in total. The smallest absolute Gasteiger partial charge is 0.320 e. The molecule has 3 N–H and O–H groups in total. The van der Waals surface area contributed by atoms with Crippen molar-refractivity contribution in [3.63, 3.8) is 0 Å². The van der Waals surface area contributed by atoms with Crippen molar-refractivity contribution in [1.82, 2.24) is 25.1 Å². The van der Waals surface area contributed by atoms with Crippen LogP contribution < -0.4 is 10.6 Å². The van der Waals surface area contributed by atoms with Crippen LogP contribution >= 0.6 is 0 Å². The van der Waals surface area contributed by atoms with Gasteiger partial charge < -0.3 is 10.3 Å².